The molecule has 0 aromatic heterocycles. The maximum absolute atomic E-state index is 12.2. The summed E-state index contributed by atoms with van der Waals surface area (Å²) in [5, 5.41) is 16.3. The van der Waals surface area contributed by atoms with Crippen molar-refractivity contribution in [3.05, 3.63) is 63.7 Å². The average Bonchev–Trinajstić information content (AvgIpc) is 2.57. The molecule has 0 unspecified atom stereocenters. The lowest BCUT2D eigenvalue weighted by Crippen LogP contribution is -2.34. The molecule has 1 amide bonds. The van der Waals surface area contributed by atoms with Gasteiger partial charge in [0.15, 0.2) is 5.11 Å². The number of nitro groups is 1. The van der Waals surface area contributed by atoms with E-state index in [0.29, 0.717) is 23.6 Å². The normalized spacial score (nSPS) is 10.0. The number of non-ortho nitro benzene ring substituents is 1. The van der Waals surface area contributed by atoms with Gasteiger partial charge in [0.25, 0.3) is 11.6 Å². The van der Waals surface area contributed by atoms with E-state index in [2.05, 4.69) is 10.6 Å². The zero-order valence-corrected chi connectivity index (χ0v) is 14.6. The molecular formula is C17H17N3O4S. The second-order valence-electron chi connectivity index (χ2n) is 5.12. The van der Waals surface area contributed by atoms with Crippen molar-refractivity contribution >= 4 is 34.6 Å². The Labute approximate surface area is 150 Å². The minimum absolute atomic E-state index is 0.0579. The summed E-state index contributed by atoms with van der Waals surface area (Å²) < 4.78 is 5.32. The highest BCUT2D eigenvalue weighted by Gasteiger charge is 2.12. The fraction of sp³-hybridized carbons (Fsp3) is 0.176. The topological polar surface area (TPSA) is 93.5 Å². The van der Waals surface area contributed by atoms with Crippen LogP contribution in [0.2, 0.25) is 0 Å². The molecule has 0 bridgehead atoms. The molecule has 8 heteroatoms. The molecule has 0 radical (unpaired) electrons. The third kappa shape index (κ3) is 4.98. The highest BCUT2D eigenvalue weighted by molar-refractivity contribution is 7.80. The van der Waals surface area contributed by atoms with Crippen LogP contribution in [0.1, 0.15) is 22.8 Å². The van der Waals surface area contributed by atoms with E-state index in [1.807, 2.05) is 6.92 Å². The first-order valence-corrected chi connectivity index (χ1v) is 7.91. The smallest absolute Gasteiger partial charge is 0.271 e. The van der Waals surface area contributed by atoms with Gasteiger partial charge in [-0.25, -0.2) is 0 Å². The Hall–Kier alpha value is -3.00. The Balaban J connectivity index is 2.03. The molecule has 25 heavy (non-hydrogen) atoms. The summed E-state index contributed by atoms with van der Waals surface area (Å²) >= 11 is 5.11. The van der Waals surface area contributed by atoms with E-state index in [-0.39, 0.29) is 16.7 Å². The van der Waals surface area contributed by atoms with Gasteiger partial charge in [-0.3, -0.25) is 20.2 Å². The van der Waals surface area contributed by atoms with E-state index in [9.17, 15) is 14.9 Å². The molecule has 2 rings (SSSR count). The number of carbonyl (C=O) groups is 1. The maximum atomic E-state index is 12.2. The summed E-state index contributed by atoms with van der Waals surface area (Å²) in [7, 11) is 0. The molecule has 0 heterocycles. The summed E-state index contributed by atoms with van der Waals surface area (Å²) in [6, 6.07) is 11.0. The Kier molecular flexibility index (Phi) is 6.02. The number of carbonyl (C=O) groups excluding carboxylic acids is 1. The van der Waals surface area contributed by atoms with Gasteiger partial charge in [0.2, 0.25) is 0 Å². The number of hydrogen-bond acceptors (Lipinski definition) is 5. The first-order valence-electron chi connectivity index (χ1n) is 7.51. The SMILES string of the molecule is CCOc1ccc(C(=O)NC(=S)Nc2cc([N+](=O)[O-])ccc2C)cc1. The molecule has 0 aliphatic rings. The van der Waals surface area contributed by atoms with Crippen molar-refractivity contribution in [2.45, 2.75) is 13.8 Å². The number of nitrogens with one attached hydrogen (secondary N) is 2. The number of rotatable bonds is 5. The van der Waals surface area contributed by atoms with Crippen molar-refractivity contribution in [3.8, 4) is 5.75 Å². The second-order valence-corrected chi connectivity index (χ2v) is 5.53. The van der Waals surface area contributed by atoms with Gasteiger partial charge in [0, 0.05) is 23.4 Å². The largest absolute Gasteiger partial charge is 0.494 e. The monoisotopic (exact) mass is 359 g/mol. The predicted molar refractivity (Wildman–Crippen MR) is 99.1 cm³/mol. The Morgan fingerprint density at radius 2 is 1.92 bits per heavy atom. The van der Waals surface area contributed by atoms with E-state index in [0.717, 1.165) is 5.56 Å². The van der Waals surface area contributed by atoms with Crippen LogP contribution in [0, 0.1) is 17.0 Å². The second kappa shape index (κ2) is 8.20. The van der Waals surface area contributed by atoms with Gasteiger partial charge >= 0.3 is 0 Å². The molecule has 0 spiro atoms. The molecule has 130 valence electrons. The van der Waals surface area contributed by atoms with E-state index >= 15 is 0 Å². The molecule has 0 atom stereocenters. The minimum Gasteiger partial charge on any atom is -0.494 e. The minimum atomic E-state index is -0.494. The number of aryl methyl sites for hydroxylation is 1. The third-order valence-electron chi connectivity index (χ3n) is 3.33. The first-order chi connectivity index (χ1) is 11.9. The average molecular weight is 359 g/mol. The summed E-state index contributed by atoms with van der Waals surface area (Å²) in [5.74, 6) is 0.288. The summed E-state index contributed by atoms with van der Waals surface area (Å²) in [6.07, 6.45) is 0. The van der Waals surface area contributed by atoms with Crippen LogP contribution in [0.5, 0.6) is 5.75 Å². The fourth-order valence-electron chi connectivity index (χ4n) is 2.06. The number of hydrogen-bond donors (Lipinski definition) is 2. The van der Waals surface area contributed by atoms with Crippen molar-refractivity contribution in [1.82, 2.24) is 5.32 Å². The standard InChI is InChI=1S/C17H17N3O4S/c1-3-24-14-8-5-12(6-9-14)16(21)19-17(25)18-15-10-13(20(22)23)7-4-11(15)2/h4-10H,3H2,1-2H3,(H2,18,19,21,25). The van der Waals surface area contributed by atoms with Gasteiger partial charge in [0.05, 0.1) is 11.5 Å². The van der Waals surface area contributed by atoms with E-state index in [4.69, 9.17) is 17.0 Å². The summed E-state index contributed by atoms with van der Waals surface area (Å²) in [4.78, 5) is 22.5. The lowest BCUT2D eigenvalue weighted by atomic mass is 10.2. The highest BCUT2D eigenvalue weighted by Crippen LogP contribution is 2.21. The first kappa shape index (κ1) is 18.3. The zero-order chi connectivity index (χ0) is 18.4. The summed E-state index contributed by atoms with van der Waals surface area (Å²) in [6.45, 7) is 4.20. The predicted octanol–water partition coefficient (Wildman–Crippen LogP) is 3.43. The van der Waals surface area contributed by atoms with Crippen LogP contribution < -0.4 is 15.4 Å². The Morgan fingerprint density at radius 3 is 2.52 bits per heavy atom. The molecule has 0 aliphatic carbocycles. The van der Waals surface area contributed by atoms with Crippen LogP contribution >= 0.6 is 12.2 Å². The fourth-order valence-corrected chi connectivity index (χ4v) is 2.26. The number of benzene rings is 2. The molecule has 7 nitrogen and oxygen atoms in total. The van der Waals surface area contributed by atoms with Crippen molar-refractivity contribution in [2.24, 2.45) is 0 Å². The number of nitrogens with zero attached hydrogens (tertiary/aromatic N) is 1. The number of amides is 1. The van der Waals surface area contributed by atoms with Gasteiger partial charge in [-0.2, -0.15) is 0 Å². The zero-order valence-electron chi connectivity index (χ0n) is 13.7. The van der Waals surface area contributed by atoms with Gasteiger partial charge in [-0.05, 0) is 55.9 Å². The van der Waals surface area contributed by atoms with E-state index < -0.39 is 4.92 Å². The number of anilines is 1. The molecule has 2 aromatic rings. The molecule has 2 aromatic carbocycles. The van der Waals surface area contributed by atoms with Gasteiger partial charge in [-0.15, -0.1) is 0 Å². The van der Waals surface area contributed by atoms with Gasteiger partial charge < -0.3 is 10.1 Å². The lowest BCUT2D eigenvalue weighted by molar-refractivity contribution is -0.384. The Bertz CT molecular complexity index is 806. The van der Waals surface area contributed by atoms with Gasteiger partial charge in [-0.1, -0.05) is 6.07 Å². The van der Waals surface area contributed by atoms with Crippen LogP contribution in [0.3, 0.4) is 0 Å². The number of nitro benzene ring substituents is 1. The quantitative estimate of drug-likeness (QED) is 0.483. The van der Waals surface area contributed by atoms with Crippen molar-refractivity contribution in [3.63, 3.8) is 0 Å². The Morgan fingerprint density at radius 1 is 1.24 bits per heavy atom. The lowest BCUT2D eigenvalue weighted by Gasteiger charge is -2.12. The van der Waals surface area contributed by atoms with Crippen LogP contribution in [-0.2, 0) is 0 Å². The van der Waals surface area contributed by atoms with Gasteiger partial charge in [0.1, 0.15) is 5.75 Å². The third-order valence-corrected chi connectivity index (χ3v) is 3.54. The maximum Gasteiger partial charge on any atom is 0.271 e. The van der Waals surface area contributed by atoms with E-state index in [1.54, 1.807) is 37.3 Å². The molecule has 0 saturated heterocycles. The van der Waals surface area contributed by atoms with Crippen molar-refractivity contribution < 1.29 is 14.5 Å². The molecule has 2 N–H and O–H groups in total. The van der Waals surface area contributed by atoms with Crippen LogP contribution in [-0.4, -0.2) is 22.5 Å². The van der Waals surface area contributed by atoms with Crippen LogP contribution in [0.25, 0.3) is 0 Å². The summed E-state index contributed by atoms with van der Waals surface area (Å²) in [5.41, 5.74) is 1.59. The molecule has 0 aliphatic heterocycles. The number of ether oxygens (including phenoxy) is 1. The van der Waals surface area contributed by atoms with Crippen molar-refractivity contribution in [1.29, 1.82) is 0 Å². The van der Waals surface area contributed by atoms with Crippen molar-refractivity contribution in [2.75, 3.05) is 11.9 Å². The molecule has 0 saturated carbocycles. The molecular weight excluding hydrogens is 342 g/mol. The van der Waals surface area contributed by atoms with Crippen LogP contribution in [0.15, 0.2) is 42.5 Å². The highest BCUT2D eigenvalue weighted by atomic mass is 32.1. The van der Waals surface area contributed by atoms with Crippen LogP contribution in [0.4, 0.5) is 11.4 Å². The molecule has 0 fully saturated rings. The van der Waals surface area contributed by atoms with E-state index in [1.165, 1.54) is 12.1 Å². The number of thiocarbonyl (C=S) groups is 1.